The number of benzene rings is 2. The van der Waals surface area contributed by atoms with Crippen LogP contribution in [0, 0.1) is 5.92 Å². The SMILES string of the molecule is CCN(C)[C@]1(c2ccccc2)CC[C@@]2(CC1)CN(Cc1ccccc1)C(=O)N2CC1CCC1. The van der Waals surface area contributed by atoms with Crippen molar-refractivity contribution in [1.82, 2.24) is 14.7 Å². The number of carbonyl (C=O) groups is 1. The van der Waals surface area contributed by atoms with Crippen molar-refractivity contribution < 1.29 is 4.79 Å². The summed E-state index contributed by atoms with van der Waals surface area (Å²) in [6, 6.07) is 21.8. The largest absolute Gasteiger partial charge is 0.320 e. The summed E-state index contributed by atoms with van der Waals surface area (Å²) in [6.07, 6.45) is 8.26. The van der Waals surface area contributed by atoms with Gasteiger partial charge in [0.1, 0.15) is 0 Å². The number of nitrogens with zero attached hydrogens (tertiary/aromatic N) is 3. The fraction of sp³-hybridized carbons (Fsp3) is 0.552. The average molecular weight is 446 g/mol. The average Bonchev–Trinajstić information content (AvgIpc) is 3.07. The van der Waals surface area contributed by atoms with Gasteiger partial charge in [-0.3, -0.25) is 4.90 Å². The fourth-order valence-electron chi connectivity index (χ4n) is 6.51. The Kier molecular flexibility index (Phi) is 6.22. The molecule has 0 aromatic heterocycles. The molecule has 0 unspecified atom stereocenters. The molecule has 0 atom stereocenters. The first kappa shape index (κ1) is 22.5. The quantitative estimate of drug-likeness (QED) is 0.532. The molecule has 4 heteroatoms. The lowest BCUT2D eigenvalue weighted by molar-refractivity contribution is 0.00699. The van der Waals surface area contributed by atoms with E-state index in [0.29, 0.717) is 5.92 Å². The minimum Gasteiger partial charge on any atom is -0.318 e. The number of rotatable bonds is 7. The first-order valence-electron chi connectivity index (χ1n) is 12.9. The second kappa shape index (κ2) is 9.13. The minimum atomic E-state index is -0.0195. The molecule has 2 aliphatic carbocycles. The summed E-state index contributed by atoms with van der Waals surface area (Å²) in [6.45, 7) is 5.84. The van der Waals surface area contributed by atoms with Crippen molar-refractivity contribution in [3.05, 3.63) is 71.8 Å². The maximum atomic E-state index is 13.7. The van der Waals surface area contributed by atoms with Gasteiger partial charge in [-0.15, -0.1) is 0 Å². The van der Waals surface area contributed by atoms with E-state index >= 15 is 0 Å². The van der Waals surface area contributed by atoms with Crippen LogP contribution in [0.3, 0.4) is 0 Å². The van der Waals surface area contributed by atoms with Gasteiger partial charge in [-0.2, -0.15) is 0 Å². The molecule has 2 aromatic rings. The third kappa shape index (κ3) is 4.07. The monoisotopic (exact) mass is 445 g/mol. The molecular formula is C29H39N3O. The molecule has 3 aliphatic rings. The van der Waals surface area contributed by atoms with Crippen LogP contribution in [0.15, 0.2) is 60.7 Å². The summed E-state index contributed by atoms with van der Waals surface area (Å²) >= 11 is 0. The minimum absolute atomic E-state index is 0.0195. The van der Waals surface area contributed by atoms with E-state index < -0.39 is 0 Å². The Hall–Kier alpha value is -2.33. The summed E-state index contributed by atoms with van der Waals surface area (Å²) in [7, 11) is 2.28. The smallest absolute Gasteiger partial charge is 0.318 e. The first-order chi connectivity index (χ1) is 16.1. The van der Waals surface area contributed by atoms with E-state index in [4.69, 9.17) is 0 Å². The first-order valence-corrected chi connectivity index (χ1v) is 12.9. The van der Waals surface area contributed by atoms with Crippen molar-refractivity contribution in [3.8, 4) is 0 Å². The molecule has 1 spiro atoms. The summed E-state index contributed by atoms with van der Waals surface area (Å²) in [5.74, 6) is 0.696. The van der Waals surface area contributed by atoms with Crippen LogP contribution in [0.1, 0.15) is 63.0 Å². The molecule has 33 heavy (non-hydrogen) atoms. The topological polar surface area (TPSA) is 26.8 Å². The normalized spacial score (nSPS) is 28.0. The van der Waals surface area contributed by atoms with Crippen molar-refractivity contribution in [2.45, 2.75) is 69.5 Å². The Bertz CT molecular complexity index is 932. The molecule has 5 rings (SSSR count). The Balaban J connectivity index is 1.41. The summed E-state index contributed by atoms with van der Waals surface area (Å²) < 4.78 is 0. The summed E-state index contributed by atoms with van der Waals surface area (Å²) in [5, 5.41) is 0. The molecule has 2 aromatic carbocycles. The van der Waals surface area contributed by atoms with Crippen molar-refractivity contribution in [2.75, 3.05) is 26.7 Å². The maximum absolute atomic E-state index is 13.7. The van der Waals surface area contributed by atoms with Gasteiger partial charge < -0.3 is 9.80 Å². The number of carbonyl (C=O) groups excluding carboxylic acids is 1. The number of urea groups is 1. The molecule has 1 heterocycles. The van der Waals surface area contributed by atoms with Crippen LogP contribution in [0.25, 0.3) is 0 Å². The van der Waals surface area contributed by atoms with Gasteiger partial charge in [0.15, 0.2) is 0 Å². The van der Waals surface area contributed by atoms with E-state index in [2.05, 4.69) is 83.3 Å². The van der Waals surface area contributed by atoms with Crippen LogP contribution in [-0.2, 0) is 12.1 Å². The predicted octanol–water partition coefficient (Wildman–Crippen LogP) is 5.88. The standard InChI is InChI=1S/C29H39N3O/c1-3-30(2)29(26-15-8-5-9-16-26)19-17-28(18-20-29)23-31(21-24-11-6-4-7-12-24)27(33)32(28)22-25-13-10-14-25/h4-9,11-12,15-16,25H,3,10,13-14,17-23H2,1-2H3/t28-,29-. The molecule has 2 amide bonds. The number of amides is 2. The van der Waals surface area contributed by atoms with E-state index in [1.54, 1.807) is 0 Å². The highest BCUT2D eigenvalue weighted by atomic mass is 16.2. The van der Waals surface area contributed by atoms with Gasteiger partial charge in [0.2, 0.25) is 0 Å². The Morgan fingerprint density at radius 2 is 1.58 bits per heavy atom. The zero-order valence-electron chi connectivity index (χ0n) is 20.4. The molecule has 0 bridgehead atoms. The zero-order valence-corrected chi connectivity index (χ0v) is 20.4. The number of hydrogen-bond donors (Lipinski definition) is 0. The van der Waals surface area contributed by atoms with Crippen LogP contribution >= 0.6 is 0 Å². The molecule has 2 saturated carbocycles. The van der Waals surface area contributed by atoms with E-state index in [9.17, 15) is 4.79 Å². The summed E-state index contributed by atoms with van der Waals surface area (Å²) in [4.78, 5) is 20.7. The zero-order chi connectivity index (χ0) is 22.9. The third-order valence-electron chi connectivity index (χ3n) is 8.97. The Morgan fingerprint density at radius 3 is 2.15 bits per heavy atom. The molecule has 3 fully saturated rings. The summed E-state index contributed by atoms with van der Waals surface area (Å²) in [5.41, 5.74) is 2.71. The second-order valence-corrected chi connectivity index (χ2v) is 10.7. The molecule has 176 valence electrons. The van der Waals surface area contributed by atoms with Crippen molar-refractivity contribution >= 4 is 6.03 Å². The van der Waals surface area contributed by atoms with Crippen molar-refractivity contribution in [3.63, 3.8) is 0 Å². The highest BCUT2D eigenvalue weighted by Crippen LogP contribution is 2.50. The lowest BCUT2D eigenvalue weighted by atomic mass is 9.68. The lowest BCUT2D eigenvalue weighted by Crippen LogP contribution is -2.57. The van der Waals surface area contributed by atoms with Gasteiger partial charge in [0.05, 0.1) is 5.54 Å². The van der Waals surface area contributed by atoms with Gasteiger partial charge in [-0.05, 0) is 69.2 Å². The fourth-order valence-corrected chi connectivity index (χ4v) is 6.51. The van der Waals surface area contributed by atoms with E-state index in [-0.39, 0.29) is 17.1 Å². The highest BCUT2D eigenvalue weighted by molar-refractivity contribution is 5.78. The van der Waals surface area contributed by atoms with Crippen molar-refractivity contribution in [1.29, 1.82) is 0 Å². The molecule has 0 radical (unpaired) electrons. The Morgan fingerprint density at radius 1 is 0.939 bits per heavy atom. The van der Waals surface area contributed by atoms with E-state index in [0.717, 1.165) is 51.9 Å². The van der Waals surface area contributed by atoms with Crippen LogP contribution in [0.5, 0.6) is 0 Å². The highest BCUT2D eigenvalue weighted by Gasteiger charge is 2.55. The van der Waals surface area contributed by atoms with Crippen molar-refractivity contribution in [2.24, 2.45) is 5.92 Å². The van der Waals surface area contributed by atoms with Gasteiger partial charge in [-0.1, -0.05) is 74.0 Å². The van der Waals surface area contributed by atoms with Gasteiger partial charge in [0, 0.05) is 25.2 Å². The predicted molar refractivity (Wildman–Crippen MR) is 134 cm³/mol. The van der Waals surface area contributed by atoms with E-state index in [1.165, 1.54) is 30.4 Å². The van der Waals surface area contributed by atoms with Crippen LogP contribution in [-0.4, -0.2) is 53.0 Å². The van der Waals surface area contributed by atoms with Crippen LogP contribution in [0.2, 0.25) is 0 Å². The van der Waals surface area contributed by atoms with Gasteiger partial charge in [0.25, 0.3) is 0 Å². The third-order valence-corrected chi connectivity index (χ3v) is 8.97. The second-order valence-electron chi connectivity index (χ2n) is 10.7. The number of hydrogen-bond acceptors (Lipinski definition) is 2. The molecule has 0 N–H and O–H groups in total. The van der Waals surface area contributed by atoms with Gasteiger partial charge >= 0.3 is 6.03 Å². The lowest BCUT2D eigenvalue weighted by Gasteiger charge is -2.52. The molecule has 1 aliphatic heterocycles. The van der Waals surface area contributed by atoms with Gasteiger partial charge in [-0.25, -0.2) is 4.79 Å². The molecular weight excluding hydrogens is 406 g/mol. The Labute approximate surface area is 199 Å². The van der Waals surface area contributed by atoms with E-state index in [1.807, 2.05) is 6.07 Å². The van der Waals surface area contributed by atoms with Crippen LogP contribution < -0.4 is 0 Å². The molecule has 4 nitrogen and oxygen atoms in total. The molecule has 1 saturated heterocycles. The maximum Gasteiger partial charge on any atom is 0.320 e. The van der Waals surface area contributed by atoms with Crippen LogP contribution in [0.4, 0.5) is 4.79 Å².